The van der Waals surface area contributed by atoms with Gasteiger partial charge in [0.2, 0.25) is 11.8 Å². The minimum atomic E-state index is -2.19. The van der Waals surface area contributed by atoms with Crippen LogP contribution >= 0.6 is 8.53 Å². The summed E-state index contributed by atoms with van der Waals surface area (Å²) in [7, 11) is -3.60. The van der Waals surface area contributed by atoms with E-state index in [0.29, 0.717) is 23.3 Å². The van der Waals surface area contributed by atoms with E-state index in [2.05, 4.69) is 98.2 Å². The van der Waals surface area contributed by atoms with Crippen LogP contribution in [0.5, 0.6) is 11.6 Å². The number of aliphatic hydroxyl groups excluding tert-OH is 1. The molecular weight excluding hydrogens is 750 g/mol. The lowest BCUT2D eigenvalue weighted by atomic mass is 10.1. The maximum absolute atomic E-state index is 12.9. The first-order valence-electron chi connectivity index (χ1n) is 18.9. The second-order valence-corrected chi connectivity index (χ2v) is 19.9. The van der Waals surface area contributed by atoms with Crippen LogP contribution in [0.25, 0.3) is 11.2 Å². The molecule has 2 aromatic heterocycles. The number of benzene rings is 3. The van der Waals surface area contributed by atoms with Gasteiger partial charge in [-0.15, -0.1) is 0 Å². The Morgan fingerprint density at radius 2 is 1.73 bits per heavy atom. The number of ether oxygens (including phenoxy) is 3. The highest BCUT2D eigenvalue weighted by Crippen LogP contribution is 2.58. The molecule has 0 spiro atoms. The molecule has 1 amide bonds. The van der Waals surface area contributed by atoms with Crippen LogP contribution < -0.4 is 25.2 Å². The van der Waals surface area contributed by atoms with Gasteiger partial charge in [0.25, 0.3) is 14.4 Å². The Kier molecular flexibility index (Phi) is 11.7. The van der Waals surface area contributed by atoms with Crippen LogP contribution in [0.4, 0.5) is 5.95 Å². The third kappa shape index (κ3) is 8.05. The van der Waals surface area contributed by atoms with Gasteiger partial charge in [0, 0.05) is 19.0 Å². The summed E-state index contributed by atoms with van der Waals surface area (Å²) in [5.74, 6) is 0.170. The summed E-state index contributed by atoms with van der Waals surface area (Å²) in [5.41, 5.74) is 0.687. The van der Waals surface area contributed by atoms with Crippen molar-refractivity contribution in [1.29, 1.82) is 5.26 Å². The van der Waals surface area contributed by atoms with Crippen LogP contribution in [-0.2, 0) is 18.6 Å². The first kappa shape index (κ1) is 38.1. The molecule has 14 nitrogen and oxygen atoms in total. The minimum absolute atomic E-state index is 0.00635. The quantitative estimate of drug-likeness (QED) is 0.0848. The maximum atomic E-state index is 12.9. The van der Waals surface area contributed by atoms with Crippen molar-refractivity contribution in [3.05, 3.63) is 97.3 Å². The van der Waals surface area contributed by atoms with Gasteiger partial charge >= 0.3 is 0 Å². The Labute approximate surface area is 327 Å². The van der Waals surface area contributed by atoms with Crippen molar-refractivity contribution in [3.63, 3.8) is 0 Å². The first-order valence-corrected chi connectivity index (χ1v) is 22.8. The highest BCUT2D eigenvalue weighted by molar-refractivity contribution is 7.45. The number of rotatable bonds is 15. The molecule has 3 aromatic carbocycles. The van der Waals surface area contributed by atoms with E-state index in [1.165, 1.54) is 10.4 Å². The number of aromatic nitrogens is 4. The van der Waals surface area contributed by atoms with E-state index in [1.54, 1.807) is 23.0 Å². The molecule has 0 saturated carbocycles. The second-order valence-electron chi connectivity index (χ2n) is 14.3. The molecule has 5 heterocycles. The number of fused-ring (bicyclic) bond motifs is 2. The first-order chi connectivity index (χ1) is 27.4. The molecule has 5 aromatic rings. The molecular formula is C40H44N7O7PSi. The number of carbonyl (C=O) groups is 1. The van der Waals surface area contributed by atoms with Crippen molar-refractivity contribution in [1.82, 2.24) is 24.2 Å². The molecule has 3 saturated heterocycles. The van der Waals surface area contributed by atoms with E-state index in [-0.39, 0.29) is 50.2 Å². The molecule has 290 valence electrons. The zero-order valence-electron chi connectivity index (χ0n) is 31.0. The molecule has 3 aliphatic rings. The number of nitriles is 1. The van der Waals surface area contributed by atoms with Crippen LogP contribution in [0.3, 0.4) is 0 Å². The highest BCUT2D eigenvalue weighted by Gasteiger charge is 2.52. The van der Waals surface area contributed by atoms with Crippen molar-refractivity contribution in [2.24, 2.45) is 0 Å². The van der Waals surface area contributed by atoms with Gasteiger partial charge in [-0.2, -0.15) is 15.2 Å². The van der Waals surface area contributed by atoms with E-state index in [4.69, 9.17) is 28.5 Å². The van der Waals surface area contributed by atoms with Crippen LogP contribution in [0.2, 0.25) is 12.6 Å². The number of anilines is 1. The summed E-state index contributed by atoms with van der Waals surface area (Å²) in [6.45, 7) is 2.89. The van der Waals surface area contributed by atoms with Gasteiger partial charge in [0.15, 0.2) is 17.8 Å². The number of imidazole rings is 1. The molecule has 3 fully saturated rings. The molecule has 0 aliphatic carbocycles. The Hall–Kier alpha value is -4.78. The third-order valence-electron chi connectivity index (χ3n) is 10.7. The Morgan fingerprint density at radius 3 is 2.43 bits per heavy atom. The topological polar surface area (TPSA) is 166 Å². The number of nitrogens with zero attached hydrogens (tertiary/aromatic N) is 6. The maximum Gasteiger partial charge on any atom is 0.264 e. The molecule has 2 N–H and O–H groups in total. The monoisotopic (exact) mass is 793 g/mol. The smallest absolute Gasteiger partial charge is 0.264 e. The summed E-state index contributed by atoms with van der Waals surface area (Å²) in [6.07, 6.45) is 2.52. The standard InChI is InChI=1S/C40H44N7O7PSi/c1-56(29-15-7-3-8-16-29,30-17-9-4-10-18-30)26-34-31-19-11-21-47(31)55(54-34)53-32-23-36(52-33(32)24-48)46-27-42-37-38(46)44-40(45-39(37)50-22-12-20-41)43-35(49)25-51-28-13-5-2-6-14-28/h2-10,13-18,27,31-34,36,48H,11-12,19,21-26H2,1H3,(H,43,44,45,49)/t31-,32-,33-,34+,36-,55-/m1/s1. The number of aliphatic hydroxyl groups is 1. The molecule has 0 bridgehead atoms. The van der Waals surface area contributed by atoms with Crippen LogP contribution in [-0.4, -0.2) is 94.0 Å². The number of hydrogen-bond donors (Lipinski definition) is 2. The lowest BCUT2D eigenvalue weighted by molar-refractivity contribution is -0.118. The van der Waals surface area contributed by atoms with E-state index < -0.39 is 40.9 Å². The van der Waals surface area contributed by atoms with E-state index >= 15 is 0 Å². The number of hydrogen-bond acceptors (Lipinski definition) is 12. The largest absolute Gasteiger partial charge is 0.484 e. The van der Waals surface area contributed by atoms with Crippen molar-refractivity contribution in [2.75, 3.05) is 31.7 Å². The predicted octanol–water partition coefficient (Wildman–Crippen LogP) is 4.78. The fourth-order valence-corrected chi connectivity index (χ4v) is 13.8. The summed E-state index contributed by atoms with van der Waals surface area (Å²) in [5, 5.41) is 25.1. The number of carbonyl (C=O) groups excluding carboxylic acids is 1. The van der Waals surface area contributed by atoms with E-state index in [9.17, 15) is 9.90 Å². The summed E-state index contributed by atoms with van der Waals surface area (Å²) >= 11 is 0. The minimum Gasteiger partial charge on any atom is -0.484 e. The zero-order valence-corrected chi connectivity index (χ0v) is 32.9. The fraction of sp³-hybridized carbons (Fsp3) is 0.375. The van der Waals surface area contributed by atoms with Gasteiger partial charge in [0.1, 0.15) is 32.8 Å². The number of nitrogens with one attached hydrogen (secondary N) is 1. The summed E-state index contributed by atoms with van der Waals surface area (Å²) in [6, 6.07) is 33.9. The van der Waals surface area contributed by atoms with E-state index in [1.807, 2.05) is 18.2 Å². The van der Waals surface area contributed by atoms with Crippen LogP contribution in [0.1, 0.15) is 31.9 Å². The molecule has 56 heavy (non-hydrogen) atoms. The van der Waals surface area contributed by atoms with Gasteiger partial charge in [-0.05, 0) is 31.0 Å². The fourth-order valence-electron chi connectivity index (χ4n) is 7.82. The molecule has 8 rings (SSSR count). The molecule has 0 unspecified atom stereocenters. The number of amides is 1. The predicted molar refractivity (Wildman–Crippen MR) is 212 cm³/mol. The van der Waals surface area contributed by atoms with Gasteiger partial charge in [0.05, 0.1) is 37.6 Å². The average Bonchev–Trinajstić information content (AvgIpc) is 4.04. The Balaban J connectivity index is 1.00. The molecule has 16 heteroatoms. The van der Waals surface area contributed by atoms with Gasteiger partial charge in [-0.1, -0.05) is 95.8 Å². The van der Waals surface area contributed by atoms with Crippen molar-refractivity contribution in [2.45, 2.75) is 68.9 Å². The third-order valence-corrected chi connectivity index (χ3v) is 16.9. The lowest BCUT2D eigenvalue weighted by Crippen LogP contribution is -2.58. The second kappa shape index (κ2) is 17.2. The van der Waals surface area contributed by atoms with Crippen molar-refractivity contribution in [3.8, 4) is 17.7 Å². The number of para-hydroxylation sites is 1. The zero-order chi connectivity index (χ0) is 38.5. The van der Waals surface area contributed by atoms with Crippen LogP contribution in [0.15, 0.2) is 97.3 Å². The summed E-state index contributed by atoms with van der Waals surface area (Å²) < 4.78 is 35.7. The molecule has 6 atom stereocenters. The summed E-state index contributed by atoms with van der Waals surface area (Å²) in [4.78, 5) is 26.4. The van der Waals surface area contributed by atoms with Gasteiger partial charge in [-0.25, -0.2) is 9.65 Å². The van der Waals surface area contributed by atoms with Crippen molar-refractivity contribution < 1.29 is 33.2 Å². The highest BCUT2D eigenvalue weighted by atomic mass is 31.2. The molecule has 3 aliphatic heterocycles. The molecule has 0 radical (unpaired) electrons. The van der Waals surface area contributed by atoms with Crippen LogP contribution in [0, 0.1) is 11.3 Å². The average molecular weight is 794 g/mol. The van der Waals surface area contributed by atoms with Gasteiger partial charge in [-0.3, -0.25) is 14.7 Å². The van der Waals surface area contributed by atoms with E-state index in [0.717, 1.165) is 25.4 Å². The Bertz CT molecular complexity index is 2110. The SMILES string of the molecule is C[Si](C[C@@H]1O[P@@](O[C@@H]2C[C@H](n3cnc4c(OCCC#N)nc(NC(=O)COc5ccccc5)nc43)O[C@@H]2CO)N2CCC[C@H]12)(c1ccccc1)c1ccccc1. The Morgan fingerprint density at radius 1 is 1.02 bits per heavy atom. The normalized spacial score (nSPS) is 23.5. The lowest BCUT2D eigenvalue weighted by Gasteiger charge is -2.32. The van der Waals surface area contributed by atoms with Crippen molar-refractivity contribution >= 4 is 50.0 Å². The van der Waals surface area contributed by atoms with Gasteiger partial charge < -0.3 is 28.4 Å².